The maximum Gasteiger partial charge on any atom is 0.129 e. The fourth-order valence-corrected chi connectivity index (χ4v) is 5.72. The normalized spacial score (nSPS) is 32.2. The highest BCUT2D eigenvalue weighted by atomic mass is 127. The third-order valence-corrected chi connectivity index (χ3v) is 7.57. The summed E-state index contributed by atoms with van der Waals surface area (Å²) in [6.07, 6.45) is 4.25. The van der Waals surface area contributed by atoms with Crippen LogP contribution in [0.2, 0.25) is 0 Å². The van der Waals surface area contributed by atoms with Crippen molar-refractivity contribution in [3.63, 3.8) is 0 Å². The second-order valence-electron chi connectivity index (χ2n) is 8.55. The summed E-state index contributed by atoms with van der Waals surface area (Å²) < 4.78 is 37.2. The molecule has 3 atom stereocenters. The lowest BCUT2D eigenvalue weighted by molar-refractivity contribution is -0.0647. The monoisotopic (exact) mass is 491 g/mol. The van der Waals surface area contributed by atoms with Crippen LogP contribution in [0, 0.1) is 17.0 Å². The average molecular weight is 491 g/mol. The van der Waals surface area contributed by atoms with Crippen molar-refractivity contribution in [2.24, 2.45) is 5.41 Å². The standard InChI is InChI=1S/C20H28F2IN3O/c1-25-7-4-20(13-25)5-8-26(9-6-20)15-11-18(24-23)19(27-12-15)16-10-14(21)2-3-17(16)22/h2-3,10,15,18-19,24H,4-9,11-13H2,1H3/t15-,18+,19-/m1/s1. The molecule has 0 amide bonds. The van der Waals surface area contributed by atoms with Crippen molar-refractivity contribution in [2.45, 2.75) is 43.9 Å². The molecular weight excluding hydrogens is 463 g/mol. The van der Waals surface area contributed by atoms with Crippen LogP contribution in [0.1, 0.15) is 37.4 Å². The first kappa shape index (κ1) is 19.9. The fraction of sp³-hybridized carbons (Fsp3) is 0.700. The number of hydrogen-bond donors (Lipinski definition) is 1. The molecule has 3 heterocycles. The lowest BCUT2D eigenvalue weighted by Gasteiger charge is -2.46. The second kappa shape index (κ2) is 8.18. The Hall–Kier alpha value is -0.350. The van der Waals surface area contributed by atoms with Crippen LogP contribution in [0.5, 0.6) is 0 Å². The molecule has 0 saturated carbocycles. The van der Waals surface area contributed by atoms with Crippen molar-refractivity contribution < 1.29 is 13.5 Å². The van der Waals surface area contributed by atoms with E-state index in [1.807, 2.05) is 0 Å². The molecule has 1 aromatic carbocycles. The van der Waals surface area contributed by atoms with Gasteiger partial charge in [-0.2, -0.15) is 0 Å². The van der Waals surface area contributed by atoms with Gasteiger partial charge < -0.3 is 9.64 Å². The molecule has 0 aliphatic carbocycles. The molecule has 1 aromatic rings. The Bertz CT molecular complexity index is 669. The van der Waals surface area contributed by atoms with E-state index < -0.39 is 17.7 Å². The minimum absolute atomic E-state index is 0.0332. The van der Waals surface area contributed by atoms with Crippen LogP contribution < -0.4 is 3.53 Å². The third-order valence-electron chi connectivity index (χ3n) is 6.77. The Labute approximate surface area is 174 Å². The number of nitrogens with zero attached hydrogens (tertiary/aromatic N) is 2. The van der Waals surface area contributed by atoms with Crippen molar-refractivity contribution in [2.75, 3.05) is 39.8 Å². The SMILES string of the molecule is CN1CCC2(CCN([C@H]3CO[C@H](c4cc(F)ccc4F)[C@@H](NI)C3)CC2)C1. The fourth-order valence-electron chi connectivity index (χ4n) is 5.14. The summed E-state index contributed by atoms with van der Waals surface area (Å²) in [4.78, 5) is 5.00. The number of ether oxygens (including phenoxy) is 1. The van der Waals surface area contributed by atoms with E-state index in [1.54, 1.807) is 0 Å². The van der Waals surface area contributed by atoms with E-state index in [0.29, 0.717) is 23.6 Å². The van der Waals surface area contributed by atoms with Gasteiger partial charge in [0.2, 0.25) is 0 Å². The number of benzene rings is 1. The molecule has 150 valence electrons. The molecule has 3 saturated heterocycles. The summed E-state index contributed by atoms with van der Waals surface area (Å²) in [5.41, 5.74) is 0.823. The molecule has 0 radical (unpaired) electrons. The average Bonchev–Trinajstić information content (AvgIpc) is 3.04. The summed E-state index contributed by atoms with van der Waals surface area (Å²) in [5, 5.41) is 0. The molecule has 4 nitrogen and oxygen atoms in total. The van der Waals surface area contributed by atoms with Crippen molar-refractivity contribution in [1.29, 1.82) is 0 Å². The van der Waals surface area contributed by atoms with Crippen LogP contribution in [0.25, 0.3) is 0 Å². The molecule has 0 aromatic heterocycles. The van der Waals surface area contributed by atoms with Crippen LogP contribution in [-0.4, -0.2) is 61.7 Å². The minimum Gasteiger partial charge on any atom is -0.370 e. The van der Waals surface area contributed by atoms with Gasteiger partial charge in [-0.3, -0.25) is 8.43 Å². The first-order valence-electron chi connectivity index (χ1n) is 9.85. The Morgan fingerprint density at radius 2 is 1.93 bits per heavy atom. The number of halogens is 3. The minimum atomic E-state index is -0.450. The van der Waals surface area contributed by atoms with Crippen LogP contribution in [-0.2, 0) is 4.74 Å². The lowest BCUT2D eigenvalue weighted by Crippen LogP contribution is -2.53. The number of rotatable bonds is 3. The highest BCUT2D eigenvalue weighted by Gasteiger charge is 2.42. The van der Waals surface area contributed by atoms with Crippen LogP contribution in [0.15, 0.2) is 18.2 Å². The largest absolute Gasteiger partial charge is 0.370 e. The molecule has 1 N–H and O–H groups in total. The van der Waals surface area contributed by atoms with E-state index in [4.69, 9.17) is 4.74 Å². The summed E-state index contributed by atoms with van der Waals surface area (Å²) in [7, 11) is 2.22. The van der Waals surface area contributed by atoms with Gasteiger partial charge >= 0.3 is 0 Å². The highest BCUT2D eigenvalue weighted by molar-refractivity contribution is 14.1. The topological polar surface area (TPSA) is 27.7 Å². The molecule has 3 aliphatic heterocycles. The van der Waals surface area contributed by atoms with Gasteiger partial charge in [-0.1, -0.05) is 0 Å². The molecule has 0 bridgehead atoms. The zero-order valence-electron chi connectivity index (χ0n) is 15.8. The van der Waals surface area contributed by atoms with Crippen molar-refractivity contribution in [3.05, 3.63) is 35.4 Å². The molecule has 4 rings (SSSR count). The number of nitrogens with one attached hydrogen (secondary N) is 1. The van der Waals surface area contributed by atoms with Gasteiger partial charge in [0.15, 0.2) is 0 Å². The number of piperidine rings is 1. The van der Waals surface area contributed by atoms with E-state index in [2.05, 4.69) is 43.2 Å². The Balaban J connectivity index is 1.40. The van der Waals surface area contributed by atoms with Gasteiger partial charge in [-0.15, -0.1) is 0 Å². The summed E-state index contributed by atoms with van der Waals surface area (Å²) in [6.45, 7) is 5.22. The molecule has 0 unspecified atom stereocenters. The lowest BCUT2D eigenvalue weighted by atomic mass is 9.77. The smallest absolute Gasteiger partial charge is 0.129 e. The molecule has 1 spiro atoms. The van der Waals surface area contributed by atoms with E-state index >= 15 is 0 Å². The van der Waals surface area contributed by atoms with E-state index in [1.165, 1.54) is 44.5 Å². The Morgan fingerprint density at radius 1 is 1.19 bits per heavy atom. The third kappa shape index (κ3) is 4.17. The summed E-state index contributed by atoms with van der Waals surface area (Å²) >= 11 is 2.11. The van der Waals surface area contributed by atoms with Crippen LogP contribution in [0.3, 0.4) is 0 Å². The van der Waals surface area contributed by atoms with Crippen molar-refractivity contribution in [3.8, 4) is 0 Å². The predicted octanol–water partition coefficient (Wildman–Crippen LogP) is 3.52. The van der Waals surface area contributed by atoms with Crippen LogP contribution >= 0.6 is 22.9 Å². The molecule has 3 fully saturated rings. The van der Waals surface area contributed by atoms with Gasteiger partial charge in [0.05, 0.1) is 6.61 Å². The maximum atomic E-state index is 14.2. The van der Waals surface area contributed by atoms with Crippen molar-refractivity contribution in [1.82, 2.24) is 13.3 Å². The Morgan fingerprint density at radius 3 is 2.59 bits per heavy atom. The first-order chi connectivity index (χ1) is 13.0. The van der Waals surface area contributed by atoms with E-state index in [-0.39, 0.29) is 6.04 Å². The van der Waals surface area contributed by atoms with Crippen molar-refractivity contribution >= 4 is 22.9 Å². The van der Waals surface area contributed by atoms with E-state index in [0.717, 1.165) is 25.6 Å². The summed E-state index contributed by atoms with van der Waals surface area (Å²) in [5.74, 6) is -0.825. The van der Waals surface area contributed by atoms with Crippen LogP contribution in [0.4, 0.5) is 8.78 Å². The highest BCUT2D eigenvalue weighted by Crippen LogP contribution is 2.41. The second-order valence-corrected chi connectivity index (χ2v) is 9.17. The maximum absolute atomic E-state index is 14.2. The number of hydrogen-bond acceptors (Lipinski definition) is 4. The Kier molecular flexibility index (Phi) is 6.04. The van der Waals surface area contributed by atoms with Gasteiger partial charge in [0, 0.05) is 47.1 Å². The molecule has 7 heteroatoms. The molecular formula is C20H28F2IN3O. The van der Waals surface area contributed by atoms with Gasteiger partial charge in [-0.25, -0.2) is 8.78 Å². The number of likely N-dealkylation sites (tertiary alicyclic amines) is 2. The first-order valence-corrected chi connectivity index (χ1v) is 10.9. The summed E-state index contributed by atoms with van der Waals surface area (Å²) in [6, 6.07) is 3.91. The molecule has 3 aliphatic rings. The van der Waals surface area contributed by atoms with Gasteiger partial charge in [0.1, 0.15) is 17.7 Å². The predicted molar refractivity (Wildman–Crippen MR) is 110 cm³/mol. The van der Waals surface area contributed by atoms with Gasteiger partial charge in [0.25, 0.3) is 0 Å². The van der Waals surface area contributed by atoms with Gasteiger partial charge in [-0.05, 0) is 76.0 Å². The zero-order valence-corrected chi connectivity index (χ0v) is 17.9. The quantitative estimate of drug-likeness (QED) is 0.518. The zero-order chi connectivity index (χ0) is 19.0. The van der Waals surface area contributed by atoms with E-state index in [9.17, 15) is 8.78 Å². The molecule has 27 heavy (non-hydrogen) atoms.